The van der Waals surface area contributed by atoms with Gasteiger partial charge in [0, 0.05) is 5.02 Å². The number of benzene rings is 2. The first-order chi connectivity index (χ1) is 8.66. The number of nitrogens with zero attached hydrogens (tertiary/aromatic N) is 1. The summed E-state index contributed by atoms with van der Waals surface area (Å²) < 4.78 is 1.63. The third-order valence-corrected chi connectivity index (χ3v) is 3.38. The van der Waals surface area contributed by atoms with Crippen LogP contribution in [0.3, 0.4) is 0 Å². The number of halogens is 1. The van der Waals surface area contributed by atoms with Crippen LogP contribution >= 0.6 is 11.6 Å². The Labute approximate surface area is 109 Å². The van der Waals surface area contributed by atoms with Gasteiger partial charge in [-0.3, -0.25) is 4.57 Å². The van der Waals surface area contributed by atoms with Gasteiger partial charge in [-0.1, -0.05) is 29.8 Å². The zero-order chi connectivity index (χ0) is 12.7. The van der Waals surface area contributed by atoms with Crippen LogP contribution in [-0.2, 0) is 0 Å². The minimum atomic E-state index is -0.155. The molecule has 0 aliphatic heterocycles. The number of aryl methyl sites for hydroxylation is 1. The number of aromatic amines is 1. The van der Waals surface area contributed by atoms with Crippen LogP contribution in [0.1, 0.15) is 5.56 Å². The van der Waals surface area contributed by atoms with Crippen LogP contribution in [0.25, 0.3) is 16.7 Å². The number of aromatic nitrogens is 2. The summed E-state index contributed by atoms with van der Waals surface area (Å²) in [5, 5.41) is 0.659. The van der Waals surface area contributed by atoms with Crippen molar-refractivity contribution >= 4 is 22.6 Å². The van der Waals surface area contributed by atoms with Gasteiger partial charge in [0.25, 0.3) is 0 Å². The maximum atomic E-state index is 12.0. The molecule has 0 unspecified atom stereocenters. The lowest BCUT2D eigenvalue weighted by Crippen LogP contribution is -2.14. The lowest BCUT2D eigenvalue weighted by Gasteiger charge is -2.04. The molecule has 0 saturated carbocycles. The van der Waals surface area contributed by atoms with Gasteiger partial charge in [0.1, 0.15) is 0 Å². The number of rotatable bonds is 1. The smallest absolute Gasteiger partial charge is 0.305 e. The van der Waals surface area contributed by atoms with E-state index in [1.165, 1.54) is 0 Å². The molecule has 90 valence electrons. The molecule has 3 nitrogen and oxygen atoms in total. The van der Waals surface area contributed by atoms with Crippen LogP contribution in [0.5, 0.6) is 0 Å². The summed E-state index contributed by atoms with van der Waals surface area (Å²) in [7, 11) is 0. The summed E-state index contributed by atoms with van der Waals surface area (Å²) in [6, 6.07) is 13.2. The quantitative estimate of drug-likeness (QED) is 0.715. The zero-order valence-corrected chi connectivity index (χ0v) is 10.5. The number of para-hydroxylation sites is 1. The molecule has 0 bridgehead atoms. The highest BCUT2D eigenvalue weighted by atomic mass is 35.5. The molecule has 0 aliphatic rings. The van der Waals surface area contributed by atoms with Crippen molar-refractivity contribution in [2.45, 2.75) is 6.92 Å². The molecular formula is C14H11ClN2O. The number of imidazole rings is 1. The van der Waals surface area contributed by atoms with Crippen molar-refractivity contribution in [3.05, 3.63) is 63.5 Å². The molecule has 0 fully saturated rings. The van der Waals surface area contributed by atoms with E-state index in [4.69, 9.17) is 11.6 Å². The van der Waals surface area contributed by atoms with Gasteiger partial charge < -0.3 is 4.98 Å². The first kappa shape index (κ1) is 11.1. The van der Waals surface area contributed by atoms with Crippen molar-refractivity contribution in [2.24, 2.45) is 0 Å². The molecule has 4 heteroatoms. The molecule has 1 heterocycles. The van der Waals surface area contributed by atoms with Crippen molar-refractivity contribution in [1.82, 2.24) is 9.55 Å². The van der Waals surface area contributed by atoms with E-state index < -0.39 is 0 Å². The Morgan fingerprint density at radius 3 is 2.61 bits per heavy atom. The average molecular weight is 259 g/mol. The molecule has 1 aromatic heterocycles. The van der Waals surface area contributed by atoms with Crippen molar-refractivity contribution in [3.8, 4) is 5.69 Å². The lowest BCUT2D eigenvalue weighted by atomic mass is 10.2. The fourth-order valence-electron chi connectivity index (χ4n) is 2.07. The lowest BCUT2D eigenvalue weighted by molar-refractivity contribution is 1.02. The van der Waals surface area contributed by atoms with Crippen molar-refractivity contribution in [3.63, 3.8) is 0 Å². The van der Waals surface area contributed by atoms with E-state index >= 15 is 0 Å². The minimum absolute atomic E-state index is 0.155. The highest BCUT2D eigenvalue weighted by Crippen LogP contribution is 2.23. The van der Waals surface area contributed by atoms with E-state index in [2.05, 4.69) is 4.98 Å². The van der Waals surface area contributed by atoms with Crippen LogP contribution < -0.4 is 5.69 Å². The van der Waals surface area contributed by atoms with Gasteiger partial charge in [0.2, 0.25) is 0 Å². The molecule has 1 N–H and O–H groups in total. The van der Waals surface area contributed by atoms with Gasteiger partial charge in [0.15, 0.2) is 0 Å². The van der Waals surface area contributed by atoms with Gasteiger partial charge in [-0.05, 0) is 36.8 Å². The Bertz CT molecular complexity index is 772. The summed E-state index contributed by atoms with van der Waals surface area (Å²) in [4.78, 5) is 14.9. The monoisotopic (exact) mass is 258 g/mol. The van der Waals surface area contributed by atoms with E-state index in [-0.39, 0.29) is 5.69 Å². The maximum Gasteiger partial charge on any atom is 0.331 e. The Balaban J connectivity index is 2.40. The molecule has 0 radical (unpaired) electrons. The Kier molecular flexibility index (Phi) is 2.49. The molecule has 0 atom stereocenters. The molecule has 3 rings (SSSR count). The largest absolute Gasteiger partial charge is 0.331 e. The van der Waals surface area contributed by atoms with Gasteiger partial charge in [-0.15, -0.1) is 0 Å². The predicted molar refractivity (Wildman–Crippen MR) is 73.6 cm³/mol. The summed E-state index contributed by atoms with van der Waals surface area (Å²) in [5.74, 6) is 0. The average Bonchev–Trinajstić information content (AvgIpc) is 2.66. The van der Waals surface area contributed by atoms with Crippen molar-refractivity contribution < 1.29 is 0 Å². The molecular weight excluding hydrogens is 248 g/mol. The molecule has 18 heavy (non-hydrogen) atoms. The summed E-state index contributed by atoms with van der Waals surface area (Å²) in [5.41, 5.74) is 3.21. The van der Waals surface area contributed by atoms with Crippen LogP contribution in [0, 0.1) is 6.92 Å². The normalized spacial score (nSPS) is 11.0. The SMILES string of the molecule is Cc1cc2[nH]c(=O)n(-c3ccccc3)c2cc1Cl. The van der Waals surface area contributed by atoms with E-state index in [1.54, 1.807) is 4.57 Å². The van der Waals surface area contributed by atoms with Crippen molar-refractivity contribution in [1.29, 1.82) is 0 Å². The summed E-state index contributed by atoms with van der Waals surface area (Å²) in [6.07, 6.45) is 0. The first-order valence-corrected chi connectivity index (χ1v) is 6.01. The fraction of sp³-hybridized carbons (Fsp3) is 0.0714. The fourth-order valence-corrected chi connectivity index (χ4v) is 2.23. The maximum absolute atomic E-state index is 12.0. The Morgan fingerprint density at radius 1 is 1.17 bits per heavy atom. The topological polar surface area (TPSA) is 37.8 Å². The van der Waals surface area contributed by atoms with E-state index in [0.717, 1.165) is 22.3 Å². The Hall–Kier alpha value is -2.00. The Morgan fingerprint density at radius 2 is 1.89 bits per heavy atom. The number of fused-ring (bicyclic) bond motifs is 1. The van der Waals surface area contributed by atoms with E-state index in [0.29, 0.717) is 5.02 Å². The second-order valence-electron chi connectivity index (χ2n) is 4.22. The van der Waals surface area contributed by atoms with Crippen LogP contribution in [-0.4, -0.2) is 9.55 Å². The molecule has 3 aromatic rings. The van der Waals surface area contributed by atoms with Gasteiger partial charge in [-0.25, -0.2) is 4.79 Å². The highest BCUT2D eigenvalue weighted by Gasteiger charge is 2.10. The number of H-pyrrole nitrogens is 1. The van der Waals surface area contributed by atoms with Crippen LogP contribution in [0.15, 0.2) is 47.3 Å². The highest BCUT2D eigenvalue weighted by molar-refractivity contribution is 6.32. The molecule has 0 saturated heterocycles. The van der Waals surface area contributed by atoms with Gasteiger partial charge in [-0.2, -0.15) is 0 Å². The van der Waals surface area contributed by atoms with E-state index in [9.17, 15) is 4.79 Å². The second kappa shape index (κ2) is 4.03. The number of hydrogen-bond donors (Lipinski definition) is 1. The minimum Gasteiger partial charge on any atom is -0.305 e. The molecule has 0 spiro atoms. The molecule has 0 aliphatic carbocycles. The van der Waals surface area contributed by atoms with Gasteiger partial charge in [0.05, 0.1) is 16.7 Å². The summed E-state index contributed by atoms with van der Waals surface area (Å²) in [6.45, 7) is 1.92. The molecule has 2 aromatic carbocycles. The number of nitrogens with one attached hydrogen (secondary N) is 1. The standard InChI is InChI=1S/C14H11ClN2O/c1-9-7-12-13(8-11(9)15)17(14(18)16-12)10-5-3-2-4-6-10/h2-8H,1H3,(H,16,18). The van der Waals surface area contributed by atoms with Crippen LogP contribution in [0.4, 0.5) is 0 Å². The molecule has 0 amide bonds. The second-order valence-corrected chi connectivity index (χ2v) is 4.63. The first-order valence-electron chi connectivity index (χ1n) is 5.63. The third kappa shape index (κ3) is 1.64. The predicted octanol–water partition coefficient (Wildman–Crippen LogP) is 3.28. The van der Waals surface area contributed by atoms with Crippen molar-refractivity contribution in [2.75, 3.05) is 0 Å². The zero-order valence-electron chi connectivity index (χ0n) is 9.77. The van der Waals surface area contributed by atoms with Gasteiger partial charge >= 0.3 is 5.69 Å². The number of hydrogen-bond acceptors (Lipinski definition) is 1. The third-order valence-electron chi connectivity index (χ3n) is 2.98. The summed E-state index contributed by atoms with van der Waals surface area (Å²) >= 11 is 6.13. The van der Waals surface area contributed by atoms with E-state index in [1.807, 2.05) is 49.4 Å². The van der Waals surface area contributed by atoms with Crippen LogP contribution in [0.2, 0.25) is 5.02 Å².